The van der Waals surface area contributed by atoms with Gasteiger partial charge in [-0.3, -0.25) is 9.78 Å². The van der Waals surface area contributed by atoms with E-state index in [1.54, 1.807) is 42.5 Å². The molecule has 2 N–H and O–H groups in total. The van der Waals surface area contributed by atoms with E-state index >= 15 is 0 Å². The molecule has 0 aliphatic carbocycles. The molecule has 0 radical (unpaired) electrons. The molecular formula is C35H35ClFN5O4. The summed E-state index contributed by atoms with van der Waals surface area (Å²) in [7, 11) is 0. The normalized spacial score (nSPS) is 14.5. The summed E-state index contributed by atoms with van der Waals surface area (Å²) in [5.74, 6) is 0.214. The molecular weight excluding hydrogens is 609 g/mol. The zero-order valence-corrected chi connectivity index (χ0v) is 26.4. The van der Waals surface area contributed by atoms with Crippen LogP contribution >= 0.6 is 11.6 Å². The number of ether oxygens (including phenoxy) is 3. The van der Waals surface area contributed by atoms with E-state index in [4.69, 9.17) is 25.8 Å². The monoisotopic (exact) mass is 643 g/mol. The first-order valence-electron chi connectivity index (χ1n) is 15.1. The average molecular weight is 644 g/mol. The van der Waals surface area contributed by atoms with Gasteiger partial charge in [0.15, 0.2) is 0 Å². The Bertz CT molecular complexity index is 1770. The average Bonchev–Trinajstić information content (AvgIpc) is 3.57. The highest BCUT2D eigenvalue weighted by Crippen LogP contribution is 2.39. The number of carbonyl (C=O) groups excluding carboxylic acids is 1. The maximum absolute atomic E-state index is 13.6. The Kier molecular flexibility index (Phi) is 11.0. The molecule has 46 heavy (non-hydrogen) atoms. The molecule has 1 atom stereocenters. The molecule has 0 spiro atoms. The second kappa shape index (κ2) is 15.5. The van der Waals surface area contributed by atoms with Crippen LogP contribution in [-0.2, 0) is 16.1 Å². The lowest BCUT2D eigenvalue weighted by atomic mass is 10.1. The lowest BCUT2D eigenvalue weighted by molar-refractivity contribution is -0.111. The predicted octanol–water partition coefficient (Wildman–Crippen LogP) is 7.23. The van der Waals surface area contributed by atoms with Crippen molar-refractivity contribution in [3.63, 3.8) is 0 Å². The number of pyridine rings is 1. The number of nitrogens with one attached hydrogen (secondary N) is 2. The van der Waals surface area contributed by atoms with Crippen molar-refractivity contribution in [1.29, 1.82) is 5.26 Å². The van der Waals surface area contributed by atoms with Gasteiger partial charge >= 0.3 is 0 Å². The van der Waals surface area contributed by atoms with Crippen molar-refractivity contribution in [2.45, 2.75) is 33.0 Å². The largest absolute Gasteiger partial charge is 0.487 e. The van der Waals surface area contributed by atoms with E-state index in [2.05, 4.69) is 40.4 Å². The Morgan fingerprint density at radius 1 is 1.17 bits per heavy atom. The summed E-state index contributed by atoms with van der Waals surface area (Å²) in [6.45, 7) is 7.74. The number of nitrogens with zero attached hydrogens (tertiary/aromatic N) is 3. The number of halogens is 2. The van der Waals surface area contributed by atoms with Crippen molar-refractivity contribution in [2.75, 3.05) is 43.5 Å². The molecule has 1 saturated heterocycles. The van der Waals surface area contributed by atoms with E-state index < -0.39 is 0 Å². The van der Waals surface area contributed by atoms with Crippen LogP contribution in [0.25, 0.3) is 10.9 Å². The SMILES string of the molecule is CCN(CC)C/C=C/C(=O)Nc1c(O[C@H]2CCOC2)ccc2c(Nc3ccc(OCc4cccc(F)c4)c(Cl)c3)c(C#N)cnc12. The fourth-order valence-electron chi connectivity index (χ4n) is 5.05. The molecule has 1 fully saturated rings. The van der Waals surface area contributed by atoms with Crippen molar-refractivity contribution >= 4 is 45.5 Å². The molecule has 9 nitrogen and oxygen atoms in total. The maximum Gasteiger partial charge on any atom is 0.248 e. The van der Waals surface area contributed by atoms with Crippen LogP contribution in [0, 0.1) is 17.1 Å². The van der Waals surface area contributed by atoms with Crippen LogP contribution < -0.4 is 20.1 Å². The van der Waals surface area contributed by atoms with Gasteiger partial charge in [0.2, 0.25) is 5.91 Å². The van der Waals surface area contributed by atoms with E-state index in [0.717, 1.165) is 19.5 Å². The van der Waals surface area contributed by atoms with Gasteiger partial charge in [-0.05, 0) is 61.1 Å². The quantitative estimate of drug-likeness (QED) is 0.147. The van der Waals surface area contributed by atoms with Gasteiger partial charge < -0.3 is 29.7 Å². The van der Waals surface area contributed by atoms with E-state index in [0.29, 0.717) is 75.4 Å². The highest BCUT2D eigenvalue weighted by atomic mass is 35.5. The molecule has 1 aromatic heterocycles. The zero-order valence-electron chi connectivity index (χ0n) is 25.7. The van der Waals surface area contributed by atoms with Crippen LogP contribution in [0.5, 0.6) is 11.5 Å². The minimum atomic E-state index is -0.342. The first-order valence-corrected chi connectivity index (χ1v) is 15.5. The molecule has 1 aliphatic rings. The predicted molar refractivity (Wildman–Crippen MR) is 177 cm³/mol. The lowest BCUT2D eigenvalue weighted by Gasteiger charge is -2.19. The summed E-state index contributed by atoms with van der Waals surface area (Å²) >= 11 is 6.55. The van der Waals surface area contributed by atoms with Crippen molar-refractivity contribution in [3.8, 4) is 17.6 Å². The summed E-state index contributed by atoms with van der Waals surface area (Å²) < 4.78 is 31.1. The Balaban J connectivity index is 1.44. The van der Waals surface area contributed by atoms with E-state index in [1.807, 2.05) is 6.08 Å². The van der Waals surface area contributed by atoms with Crippen molar-refractivity contribution in [2.24, 2.45) is 0 Å². The Labute approximate surface area is 272 Å². The van der Waals surface area contributed by atoms with Crippen molar-refractivity contribution in [3.05, 3.63) is 94.9 Å². The van der Waals surface area contributed by atoms with Gasteiger partial charge in [-0.2, -0.15) is 5.26 Å². The molecule has 5 rings (SSSR count). The second-order valence-corrected chi connectivity index (χ2v) is 11.1. The van der Waals surface area contributed by atoms with Gasteiger partial charge in [0.25, 0.3) is 0 Å². The Morgan fingerprint density at radius 3 is 2.72 bits per heavy atom. The molecule has 2 heterocycles. The standard InChI is InChI=1S/C35H35ClFN5O4/c1-3-42(4-2)15-6-9-32(43)41-35-31(46-27-14-16-44-22-27)13-11-28-33(24(19-38)20-39-34(28)35)40-26-10-12-30(29(36)18-26)45-21-23-7-5-8-25(37)17-23/h5-13,17-18,20,27H,3-4,14-16,21-22H2,1-2H3,(H,39,40)(H,41,43)/b9-6+/t27-/m0/s1. The Hall–Kier alpha value is -4.69. The number of hydrogen-bond donors (Lipinski definition) is 2. The number of amides is 1. The number of anilines is 3. The van der Waals surface area contributed by atoms with Gasteiger partial charge in [0, 0.05) is 36.3 Å². The molecule has 1 amide bonds. The number of nitriles is 1. The van der Waals surface area contributed by atoms with Crippen molar-refractivity contribution in [1.82, 2.24) is 9.88 Å². The summed E-state index contributed by atoms with van der Waals surface area (Å²) in [4.78, 5) is 19.9. The van der Waals surface area contributed by atoms with Crippen LogP contribution in [0.15, 0.2) is 72.9 Å². The molecule has 3 aromatic carbocycles. The number of likely N-dealkylation sites (N-methyl/N-ethyl adjacent to an activating group) is 1. The third-order valence-corrected chi connectivity index (χ3v) is 7.86. The first-order chi connectivity index (χ1) is 22.4. The summed E-state index contributed by atoms with van der Waals surface area (Å²) in [5.41, 5.74) is 2.90. The zero-order chi connectivity index (χ0) is 32.5. The van der Waals surface area contributed by atoms with Crippen LogP contribution in [0.2, 0.25) is 5.02 Å². The highest BCUT2D eigenvalue weighted by molar-refractivity contribution is 6.32. The number of aromatic nitrogens is 1. The number of fused-ring (bicyclic) bond motifs is 1. The molecule has 238 valence electrons. The van der Waals surface area contributed by atoms with Gasteiger partial charge in [-0.15, -0.1) is 0 Å². The lowest BCUT2D eigenvalue weighted by Crippen LogP contribution is -2.23. The van der Waals surface area contributed by atoms with E-state index in [-0.39, 0.29) is 24.4 Å². The topological polar surface area (TPSA) is 109 Å². The van der Waals surface area contributed by atoms with Gasteiger partial charge in [-0.1, -0.05) is 43.7 Å². The minimum absolute atomic E-state index is 0.147. The summed E-state index contributed by atoms with van der Waals surface area (Å²) in [6.07, 6.45) is 5.35. The fourth-order valence-corrected chi connectivity index (χ4v) is 5.29. The second-order valence-electron chi connectivity index (χ2n) is 10.7. The maximum atomic E-state index is 13.6. The fraction of sp³-hybridized carbons (Fsp3) is 0.286. The molecule has 0 bridgehead atoms. The van der Waals surface area contributed by atoms with Crippen molar-refractivity contribution < 1.29 is 23.4 Å². The Morgan fingerprint density at radius 2 is 2.00 bits per heavy atom. The molecule has 0 saturated carbocycles. The van der Waals surface area contributed by atoms with Gasteiger partial charge in [0.05, 0.1) is 35.0 Å². The number of rotatable bonds is 13. The van der Waals surface area contributed by atoms with E-state index in [9.17, 15) is 14.4 Å². The summed E-state index contributed by atoms with van der Waals surface area (Å²) in [5, 5.41) is 17.2. The molecule has 11 heteroatoms. The highest BCUT2D eigenvalue weighted by Gasteiger charge is 2.22. The smallest absolute Gasteiger partial charge is 0.248 e. The third-order valence-electron chi connectivity index (χ3n) is 7.56. The first kappa shape index (κ1) is 32.7. The third kappa shape index (κ3) is 8.12. The number of benzene rings is 3. The van der Waals surface area contributed by atoms with Gasteiger partial charge in [-0.25, -0.2) is 4.39 Å². The minimum Gasteiger partial charge on any atom is -0.487 e. The summed E-state index contributed by atoms with van der Waals surface area (Å²) in [6, 6.07) is 17.1. The van der Waals surface area contributed by atoms with Crippen LogP contribution in [0.4, 0.5) is 21.5 Å². The number of carbonyl (C=O) groups is 1. The van der Waals surface area contributed by atoms with Crippen LogP contribution in [0.3, 0.4) is 0 Å². The van der Waals surface area contributed by atoms with Crippen LogP contribution in [-0.4, -0.2) is 54.7 Å². The van der Waals surface area contributed by atoms with Crippen LogP contribution in [0.1, 0.15) is 31.4 Å². The molecule has 4 aromatic rings. The number of hydrogen-bond acceptors (Lipinski definition) is 8. The van der Waals surface area contributed by atoms with E-state index in [1.165, 1.54) is 24.4 Å². The van der Waals surface area contributed by atoms with Gasteiger partial charge in [0.1, 0.15) is 41.8 Å². The molecule has 1 aliphatic heterocycles. The molecule has 0 unspecified atom stereocenters.